The van der Waals surface area contributed by atoms with Gasteiger partial charge in [-0.05, 0) is 20.3 Å². The number of carbonyl (C=O) groups excluding carboxylic acids is 1. The van der Waals surface area contributed by atoms with Crippen LogP contribution in [0.25, 0.3) is 0 Å². The van der Waals surface area contributed by atoms with Gasteiger partial charge in [-0.1, -0.05) is 6.92 Å². The van der Waals surface area contributed by atoms with Crippen LogP contribution in [-0.4, -0.2) is 32.3 Å². The molecule has 2 unspecified atom stereocenters. The monoisotopic (exact) mass is 248 g/mol. The van der Waals surface area contributed by atoms with Crippen LogP contribution in [0.3, 0.4) is 0 Å². The Kier molecular flexibility index (Phi) is 6.00. The van der Waals surface area contributed by atoms with Crippen LogP contribution in [-0.2, 0) is 19.6 Å². The molecule has 16 heavy (non-hydrogen) atoms. The molecule has 0 saturated carbocycles. The number of hydrogen-bond acceptors (Lipinski definition) is 5. The summed E-state index contributed by atoms with van der Waals surface area (Å²) in [5.41, 5.74) is 0. The Hall–Kier alpha value is -1.13. The molecule has 0 aromatic carbocycles. The van der Waals surface area contributed by atoms with E-state index in [9.17, 15) is 13.2 Å². The van der Waals surface area contributed by atoms with Gasteiger partial charge in [-0.2, -0.15) is 5.26 Å². The number of nitriles is 1. The van der Waals surface area contributed by atoms with Gasteiger partial charge >= 0.3 is 5.97 Å². The van der Waals surface area contributed by atoms with Crippen molar-refractivity contribution < 1.29 is 17.9 Å². The maximum Gasteiger partial charge on any atom is 0.323 e. The van der Waals surface area contributed by atoms with Crippen LogP contribution < -0.4 is 4.72 Å². The van der Waals surface area contributed by atoms with Crippen LogP contribution in [0.1, 0.15) is 27.2 Å². The van der Waals surface area contributed by atoms with Gasteiger partial charge in [-0.25, -0.2) is 13.1 Å². The molecule has 0 rings (SSSR count). The highest BCUT2D eigenvalue weighted by molar-refractivity contribution is 7.90. The standard InChI is InChI=1S/C9H16N2O4S/c1-4-8(6-10)16(13,14)11-7(3)9(12)15-5-2/h7-8,11H,4-5H2,1-3H3. The first-order valence-electron chi connectivity index (χ1n) is 4.96. The van der Waals surface area contributed by atoms with Crippen molar-refractivity contribution in [1.82, 2.24) is 4.72 Å². The molecule has 0 saturated heterocycles. The Labute approximate surface area is 95.6 Å². The number of rotatable bonds is 6. The molecule has 2 atom stereocenters. The summed E-state index contributed by atoms with van der Waals surface area (Å²) in [6.45, 7) is 4.77. The van der Waals surface area contributed by atoms with Crippen molar-refractivity contribution >= 4 is 16.0 Å². The first-order chi connectivity index (χ1) is 7.38. The van der Waals surface area contributed by atoms with Gasteiger partial charge in [0.1, 0.15) is 6.04 Å². The van der Waals surface area contributed by atoms with Crippen molar-refractivity contribution in [3.63, 3.8) is 0 Å². The van der Waals surface area contributed by atoms with E-state index in [4.69, 9.17) is 5.26 Å². The minimum Gasteiger partial charge on any atom is -0.465 e. The second kappa shape index (κ2) is 6.45. The van der Waals surface area contributed by atoms with Crippen molar-refractivity contribution in [1.29, 1.82) is 5.26 Å². The van der Waals surface area contributed by atoms with E-state index in [1.54, 1.807) is 19.9 Å². The summed E-state index contributed by atoms with van der Waals surface area (Å²) >= 11 is 0. The number of ether oxygens (including phenoxy) is 1. The van der Waals surface area contributed by atoms with E-state index >= 15 is 0 Å². The van der Waals surface area contributed by atoms with Gasteiger partial charge in [0.25, 0.3) is 0 Å². The van der Waals surface area contributed by atoms with Crippen molar-refractivity contribution in [2.75, 3.05) is 6.61 Å². The van der Waals surface area contributed by atoms with E-state index in [0.29, 0.717) is 0 Å². The third-order valence-corrected chi connectivity index (χ3v) is 3.74. The summed E-state index contributed by atoms with van der Waals surface area (Å²) in [4.78, 5) is 11.2. The fourth-order valence-corrected chi connectivity index (χ4v) is 2.35. The predicted octanol–water partition coefficient (Wildman–Crippen LogP) is 0.160. The van der Waals surface area contributed by atoms with Crippen LogP contribution >= 0.6 is 0 Å². The van der Waals surface area contributed by atoms with Gasteiger partial charge < -0.3 is 4.74 Å². The third-order valence-electron chi connectivity index (χ3n) is 1.87. The van der Waals surface area contributed by atoms with Gasteiger partial charge in [0, 0.05) is 0 Å². The van der Waals surface area contributed by atoms with Crippen molar-refractivity contribution in [3.05, 3.63) is 0 Å². The Morgan fingerprint density at radius 2 is 2.06 bits per heavy atom. The third kappa shape index (κ3) is 4.16. The average molecular weight is 248 g/mol. The van der Waals surface area contributed by atoms with Gasteiger partial charge in [0.15, 0.2) is 5.25 Å². The van der Waals surface area contributed by atoms with E-state index < -0.39 is 27.3 Å². The fraction of sp³-hybridized carbons (Fsp3) is 0.778. The van der Waals surface area contributed by atoms with E-state index in [-0.39, 0.29) is 13.0 Å². The number of sulfonamides is 1. The molecule has 0 heterocycles. The summed E-state index contributed by atoms with van der Waals surface area (Å²) in [5, 5.41) is 7.48. The average Bonchev–Trinajstić information content (AvgIpc) is 2.18. The molecule has 0 aliphatic rings. The highest BCUT2D eigenvalue weighted by atomic mass is 32.2. The van der Waals surface area contributed by atoms with Crippen LogP contribution in [0, 0.1) is 11.3 Å². The Bertz CT molecular complexity index is 371. The smallest absolute Gasteiger partial charge is 0.323 e. The molecule has 6 nitrogen and oxygen atoms in total. The lowest BCUT2D eigenvalue weighted by Crippen LogP contribution is -2.43. The lowest BCUT2D eigenvalue weighted by atomic mass is 10.4. The van der Waals surface area contributed by atoms with E-state index in [0.717, 1.165) is 0 Å². The molecular weight excluding hydrogens is 232 g/mol. The fourth-order valence-electron chi connectivity index (χ4n) is 1.02. The maximum absolute atomic E-state index is 11.6. The number of hydrogen-bond donors (Lipinski definition) is 1. The van der Waals surface area contributed by atoms with Crippen LogP contribution in [0.5, 0.6) is 0 Å². The van der Waals surface area contributed by atoms with E-state index in [1.165, 1.54) is 6.92 Å². The number of nitrogens with one attached hydrogen (secondary N) is 1. The summed E-state index contributed by atoms with van der Waals surface area (Å²) in [5.74, 6) is -0.654. The molecule has 0 spiro atoms. The Balaban J connectivity index is 4.61. The highest BCUT2D eigenvalue weighted by Gasteiger charge is 2.28. The molecule has 0 aliphatic carbocycles. The lowest BCUT2D eigenvalue weighted by Gasteiger charge is -2.14. The minimum absolute atomic E-state index is 0.168. The molecule has 0 aromatic heterocycles. The molecule has 92 valence electrons. The summed E-state index contributed by atoms with van der Waals surface area (Å²) < 4.78 is 29.9. The minimum atomic E-state index is -3.80. The van der Waals surface area contributed by atoms with Gasteiger partial charge in [0.2, 0.25) is 10.0 Å². The first-order valence-corrected chi connectivity index (χ1v) is 6.51. The van der Waals surface area contributed by atoms with Crippen LogP contribution in [0.4, 0.5) is 0 Å². The zero-order chi connectivity index (χ0) is 12.8. The van der Waals surface area contributed by atoms with E-state index in [2.05, 4.69) is 9.46 Å². The molecular formula is C9H16N2O4S. The first kappa shape index (κ1) is 14.9. The Morgan fingerprint density at radius 1 is 1.50 bits per heavy atom. The summed E-state index contributed by atoms with van der Waals surface area (Å²) in [6, 6.07) is 0.686. The molecule has 0 aliphatic heterocycles. The largest absolute Gasteiger partial charge is 0.465 e. The molecule has 0 amide bonds. The second-order valence-electron chi connectivity index (χ2n) is 3.16. The topological polar surface area (TPSA) is 96.3 Å². The number of nitrogens with zero attached hydrogens (tertiary/aromatic N) is 1. The summed E-state index contributed by atoms with van der Waals surface area (Å²) in [6.07, 6.45) is 0.168. The lowest BCUT2D eigenvalue weighted by molar-refractivity contribution is -0.144. The Morgan fingerprint density at radius 3 is 2.44 bits per heavy atom. The SMILES string of the molecule is CCOC(=O)C(C)NS(=O)(=O)C(C#N)CC. The number of carbonyl (C=O) groups is 1. The zero-order valence-electron chi connectivity index (χ0n) is 9.56. The molecule has 7 heteroatoms. The van der Waals surface area contributed by atoms with Gasteiger partial charge in [0.05, 0.1) is 12.7 Å². The number of esters is 1. The normalized spacial score (nSPS) is 14.9. The van der Waals surface area contributed by atoms with Crippen molar-refractivity contribution in [3.8, 4) is 6.07 Å². The molecule has 0 aromatic rings. The highest BCUT2D eigenvalue weighted by Crippen LogP contribution is 2.04. The van der Waals surface area contributed by atoms with Crippen molar-refractivity contribution in [2.45, 2.75) is 38.5 Å². The van der Waals surface area contributed by atoms with Gasteiger partial charge in [-0.15, -0.1) is 0 Å². The van der Waals surface area contributed by atoms with Crippen LogP contribution in [0.15, 0.2) is 0 Å². The van der Waals surface area contributed by atoms with Crippen LogP contribution in [0.2, 0.25) is 0 Å². The second-order valence-corrected chi connectivity index (χ2v) is 5.06. The zero-order valence-corrected chi connectivity index (χ0v) is 10.4. The van der Waals surface area contributed by atoms with Gasteiger partial charge in [-0.3, -0.25) is 4.79 Å². The van der Waals surface area contributed by atoms with Crippen molar-refractivity contribution in [2.24, 2.45) is 0 Å². The molecule has 1 N–H and O–H groups in total. The molecule has 0 fully saturated rings. The quantitative estimate of drug-likeness (QED) is 0.675. The molecule has 0 bridgehead atoms. The summed E-state index contributed by atoms with van der Waals surface area (Å²) in [7, 11) is -3.80. The van der Waals surface area contributed by atoms with E-state index in [1.807, 2.05) is 0 Å². The molecule has 0 radical (unpaired) electrons. The maximum atomic E-state index is 11.6. The predicted molar refractivity (Wildman–Crippen MR) is 57.8 cm³/mol.